The summed E-state index contributed by atoms with van der Waals surface area (Å²) in [5.74, 6) is 1.10. The number of nitrogens with zero attached hydrogens (tertiary/aromatic N) is 1. The zero-order valence-electron chi connectivity index (χ0n) is 12.9. The van der Waals surface area contributed by atoms with E-state index in [4.69, 9.17) is 14.2 Å². The van der Waals surface area contributed by atoms with Crippen LogP contribution in [0.1, 0.15) is 24.2 Å². The Kier molecular flexibility index (Phi) is 5.59. The van der Waals surface area contributed by atoms with Crippen molar-refractivity contribution in [1.82, 2.24) is 4.90 Å². The van der Waals surface area contributed by atoms with E-state index in [2.05, 4.69) is 18.7 Å². The quantitative estimate of drug-likeness (QED) is 0.751. The van der Waals surface area contributed by atoms with Gasteiger partial charge in [0.2, 0.25) is 0 Å². The topological polar surface area (TPSA) is 48.0 Å². The molecular weight excluding hydrogens is 270 g/mol. The van der Waals surface area contributed by atoms with E-state index < -0.39 is 0 Å². The van der Waals surface area contributed by atoms with Crippen LogP contribution in [0.4, 0.5) is 0 Å². The van der Waals surface area contributed by atoms with Crippen molar-refractivity contribution in [1.29, 1.82) is 0 Å². The Morgan fingerprint density at radius 2 is 2.05 bits per heavy atom. The predicted octanol–water partition coefficient (Wildman–Crippen LogP) is 2.00. The van der Waals surface area contributed by atoms with E-state index in [-0.39, 0.29) is 12.2 Å². The highest BCUT2D eigenvalue weighted by atomic mass is 16.5. The fourth-order valence-electron chi connectivity index (χ4n) is 2.68. The lowest BCUT2D eigenvalue weighted by atomic mass is 10.2. The molecule has 0 aromatic heterocycles. The summed E-state index contributed by atoms with van der Waals surface area (Å²) in [6.07, 6.45) is 1.27. The molecule has 1 aromatic rings. The zero-order chi connectivity index (χ0) is 15.2. The summed E-state index contributed by atoms with van der Waals surface area (Å²) in [6, 6.07) is 5.30. The fraction of sp³-hybridized carbons (Fsp3) is 0.562. The third-order valence-electron chi connectivity index (χ3n) is 3.51. The zero-order valence-corrected chi connectivity index (χ0v) is 12.9. The van der Waals surface area contributed by atoms with Crippen molar-refractivity contribution in [2.45, 2.75) is 26.1 Å². The van der Waals surface area contributed by atoms with Gasteiger partial charge in [-0.05, 0) is 26.0 Å². The molecule has 0 N–H and O–H groups in total. The summed E-state index contributed by atoms with van der Waals surface area (Å²) in [6.45, 7) is 7.28. The van der Waals surface area contributed by atoms with Crippen LogP contribution < -0.4 is 9.47 Å². The highest BCUT2D eigenvalue weighted by Gasteiger charge is 2.22. The smallest absolute Gasteiger partial charge is 0.171 e. The van der Waals surface area contributed by atoms with Crippen molar-refractivity contribution in [2.75, 3.05) is 33.4 Å². The van der Waals surface area contributed by atoms with E-state index in [1.54, 1.807) is 25.3 Å². The van der Waals surface area contributed by atoms with Crippen molar-refractivity contribution in [3.8, 4) is 11.5 Å². The number of hydrogen-bond acceptors (Lipinski definition) is 5. The summed E-state index contributed by atoms with van der Waals surface area (Å²) in [7, 11) is 1.57. The molecule has 2 rings (SSSR count). The van der Waals surface area contributed by atoms with Crippen molar-refractivity contribution >= 4 is 6.29 Å². The van der Waals surface area contributed by atoms with E-state index >= 15 is 0 Å². The molecule has 1 heterocycles. The summed E-state index contributed by atoms with van der Waals surface area (Å²) < 4.78 is 16.7. The molecule has 116 valence electrons. The number of ether oxygens (including phenoxy) is 3. The minimum Gasteiger partial charge on any atom is -0.493 e. The first-order chi connectivity index (χ1) is 10.1. The summed E-state index contributed by atoms with van der Waals surface area (Å²) >= 11 is 0. The van der Waals surface area contributed by atoms with Crippen molar-refractivity contribution in [3.63, 3.8) is 0 Å². The van der Waals surface area contributed by atoms with Gasteiger partial charge in [0.1, 0.15) is 6.61 Å². The maximum absolute atomic E-state index is 11.1. The Morgan fingerprint density at radius 1 is 1.33 bits per heavy atom. The van der Waals surface area contributed by atoms with Crippen LogP contribution in [0.3, 0.4) is 0 Å². The maximum atomic E-state index is 11.1. The molecule has 1 aromatic carbocycles. The van der Waals surface area contributed by atoms with E-state index in [0.29, 0.717) is 23.7 Å². The number of morpholine rings is 1. The number of rotatable bonds is 6. The molecule has 0 amide bonds. The van der Waals surface area contributed by atoms with Crippen molar-refractivity contribution in [2.24, 2.45) is 0 Å². The number of methoxy groups -OCH3 is 1. The second kappa shape index (κ2) is 7.43. The Hall–Kier alpha value is -1.59. The minimum atomic E-state index is 0.241. The van der Waals surface area contributed by atoms with Gasteiger partial charge in [0, 0.05) is 19.6 Å². The molecule has 5 nitrogen and oxygen atoms in total. The standard InChI is InChI=1S/C16H23NO4/c1-12-9-17(10-13(2)21-12)7-8-20-16-14(11-18)5-4-6-15(16)19-3/h4-6,11-13H,7-10H2,1-3H3. The molecule has 0 bridgehead atoms. The molecule has 1 fully saturated rings. The monoisotopic (exact) mass is 293 g/mol. The normalized spacial score (nSPS) is 22.8. The van der Waals surface area contributed by atoms with Gasteiger partial charge in [0.15, 0.2) is 17.8 Å². The lowest BCUT2D eigenvalue weighted by molar-refractivity contribution is -0.0699. The Morgan fingerprint density at radius 3 is 2.67 bits per heavy atom. The SMILES string of the molecule is COc1cccc(C=O)c1OCCN1CC(C)OC(C)C1. The molecule has 21 heavy (non-hydrogen) atoms. The first-order valence-corrected chi connectivity index (χ1v) is 7.26. The van der Waals surface area contributed by atoms with Crippen LogP contribution in [0.15, 0.2) is 18.2 Å². The second-order valence-corrected chi connectivity index (χ2v) is 5.36. The maximum Gasteiger partial charge on any atom is 0.171 e. The first kappa shape index (κ1) is 15.8. The van der Waals surface area contributed by atoms with Crippen molar-refractivity contribution in [3.05, 3.63) is 23.8 Å². The second-order valence-electron chi connectivity index (χ2n) is 5.36. The highest BCUT2D eigenvalue weighted by molar-refractivity contribution is 5.81. The number of benzene rings is 1. The average Bonchev–Trinajstić information content (AvgIpc) is 2.46. The molecule has 0 aliphatic carbocycles. The van der Waals surface area contributed by atoms with Crippen LogP contribution in [0.2, 0.25) is 0 Å². The van der Waals surface area contributed by atoms with Crippen molar-refractivity contribution < 1.29 is 19.0 Å². The summed E-state index contributed by atoms with van der Waals surface area (Å²) in [5, 5.41) is 0. The van der Waals surface area contributed by atoms with Crippen LogP contribution in [0, 0.1) is 0 Å². The third-order valence-corrected chi connectivity index (χ3v) is 3.51. The van der Waals surface area contributed by atoms with Gasteiger partial charge < -0.3 is 14.2 Å². The Bertz CT molecular complexity index is 467. The molecule has 2 unspecified atom stereocenters. The highest BCUT2D eigenvalue weighted by Crippen LogP contribution is 2.29. The lowest BCUT2D eigenvalue weighted by Gasteiger charge is -2.35. The van der Waals surface area contributed by atoms with Gasteiger partial charge in [0.25, 0.3) is 0 Å². The molecule has 5 heteroatoms. The fourth-order valence-corrected chi connectivity index (χ4v) is 2.68. The number of para-hydroxylation sites is 1. The van der Waals surface area contributed by atoms with Gasteiger partial charge >= 0.3 is 0 Å². The number of aldehydes is 1. The molecule has 0 radical (unpaired) electrons. The molecule has 1 aliphatic heterocycles. The average molecular weight is 293 g/mol. The number of carbonyl (C=O) groups is 1. The van der Waals surface area contributed by atoms with Crippen LogP contribution in [0.5, 0.6) is 11.5 Å². The number of hydrogen-bond donors (Lipinski definition) is 0. The third kappa shape index (κ3) is 4.19. The molecule has 1 aliphatic rings. The van der Waals surface area contributed by atoms with E-state index in [1.165, 1.54) is 0 Å². The molecule has 1 saturated heterocycles. The molecule has 2 atom stereocenters. The predicted molar refractivity (Wildman–Crippen MR) is 80.3 cm³/mol. The van der Waals surface area contributed by atoms with Crippen LogP contribution in [-0.4, -0.2) is 56.7 Å². The van der Waals surface area contributed by atoms with Gasteiger partial charge in [-0.25, -0.2) is 0 Å². The molecule has 0 saturated carbocycles. The summed E-state index contributed by atoms with van der Waals surface area (Å²) in [5.41, 5.74) is 0.512. The Balaban J connectivity index is 1.92. The van der Waals surface area contributed by atoms with E-state index in [9.17, 15) is 4.79 Å². The van der Waals surface area contributed by atoms with Crippen LogP contribution in [0.25, 0.3) is 0 Å². The molecule has 0 spiro atoms. The van der Waals surface area contributed by atoms with Gasteiger partial charge in [-0.3, -0.25) is 9.69 Å². The largest absolute Gasteiger partial charge is 0.493 e. The lowest BCUT2D eigenvalue weighted by Crippen LogP contribution is -2.46. The number of carbonyl (C=O) groups excluding carboxylic acids is 1. The minimum absolute atomic E-state index is 0.241. The van der Waals surface area contributed by atoms with E-state index in [0.717, 1.165) is 25.9 Å². The van der Waals surface area contributed by atoms with Gasteiger partial charge in [-0.1, -0.05) is 6.07 Å². The summed E-state index contributed by atoms with van der Waals surface area (Å²) in [4.78, 5) is 13.4. The van der Waals surface area contributed by atoms with Gasteiger partial charge in [-0.15, -0.1) is 0 Å². The van der Waals surface area contributed by atoms with Crippen LogP contribution in [-0.2, 0) is 4.74 Å². The first-order valence-electron chi connectivity index (χ1n) is 7.26. The van der Waals surface area contributed by atoms with Crippen LogP contribution >= 0.6 is 0 Å². The van der Waals surface area contributed by atoms with E-state index in [1.807, 2.05) is 0 Å². The Labute approximate surface area is 125 Å². The van der Waals surface area contributed by atoms with Gasteiger partial charge in [-0.2, -0.15) is 0 Å². The van der Waals surface area contributed by atoms with Gasteiger partial charge in [0.05, 0.1) is 24.9 Å². The molecular formula is C16H23NO4.